The summed E-state index contributed by atoms with van der Waals surface area (Å²) in [4.78, 5) is 32.0. The minimum Gasteiger partial charge on any atom is -0.500 e. The van der Waals surface area contributed by atoms with E-state index in [1.807, 2.05) is 0 Å². The maximum Gasteiger partial charge on any atom is 0.375 e. The van der Waals surface area contributed by atoms with Crippen LogP contribution in [-0.2, 0) is 14.3 Å². The van der Waals surface area contributed by atoms with Gasteiger partial charge in [0.05, 0.1) is 7.11 Å². The summed E-state index contributed by atoms with van der Waals surface area (Å²) in [5.41, 5.74) is -0.779. The second kappa shape index (κ2) is 5.85. The van der Waals surface area contributed by atoms with Crippen molar-refractivity contribution in [1.29, 1.82) is 0 Å². The van der Waals surface area contributed by atoms with Gasteiger partial charge in [-0.05, 0) is 11.6 Å². The lowest BCUT2D eigenvalue weighted by atomic mass is 10.1. The third kappa shape index (κ3) is 2.96. The Labute approximate surface area is 80.5 Å². The zero-order valence-electron chi connectivity index (χ0n) is 7.94. The van der Waals surface area contributed by atoms with Crippen molar-refractivity contribution in [3.8, 4) is 0 Å². The molecule has 0 aliphatic rings. The summed E-state index contributed by atoms with van der Waals surface area (Å²) < 4.78 is 4.13. The van der Waals surface area contributed by atoms with Crippen LogP contribution in [0.25, 0.3) is 0 Å². The number of ketones is 1. The zero-order chi connectivity index (χ0) is 11.1. The van der Waals surface area contributed by atoms with Crippen LogP contribution in [0.2, 0.25) is 0 Å². The van der Waals surface area contributed by atoms with E-state index in [1.165, 1.54) is 0 Å². The fourth-order valence-electron chi connectivity index (χ4n) is 0.765. The number of rotatable bonds is 5. The van der Waals surface area contributed by atoms with Gasteiger partial charge in [-0.25, -0.2) is 4.79 Å². The Morgan fingerprint density at radius 1 is 1.43 bits per heavy atom. The van der Waals surface area contributed by atoms with E-state index in [4.69, 9.17) is 5.11 Å². The van der Waals surface area contributed by atoms with E-state index in [0.717, 1.165) is 7.11 Å². The molecule has 0 aromatic carbocycles. The Morgan fingerprint density at radius 2 is 2.00 bits per heavy atom. The van der Waals surface area contributed by atoms with Crippen LogP contribution < -0.4 is 0 Å². The molecule has 0 heterocycles. The Morgan fingerprint density at radius 3 is 2.36 bits per heavy atom. The molecule has 0 aliphatic carbocycles. The van der Waals surface area contributed by atoms with Gasteiger partial charge in [-0.1, -0.05) is 6.92 Å². The van der Waals surface area contributed by atoms with E-state index >= 15 is 0 Å². The van der Waals surface area contributed by atoms with Crippen LogP contribution in [0.1, 0.15) is 19.8 Å². The number of aliphatic hydroxyl groups excluding tert-OH is 1. The molecule has 0 rings (SSSR count). The summed E-state index contributed by atoms with van der Waals surface area (Å²) in [6.07, 6.45) is 0.536. The largest absolute Gasteiger partial charge is 0.500 e. The van der Waals surface area contributed by atoms with Gasteiger partial charge < -0.3 is 9.84 Å². The monoisotopic (exact) mass is 201 g/mol. The molecule has 0 saturated carbocycles. The number of Topliss-reactive ketones (excluding diaryl/α,β-unsaturated/α-hetero) is 1. The number of methoxy groups -OCH3 is 1. The Kier molecular flexibility index (Phi) is 5.13. The first-order chi connectivity index (χ1) is 6.58. The molecular weight excluding hydrogens is 190 g/mol. The highest BCUT2D eigenvalue weighted by Crippen LogP contribution is 2.09. The lowest BCUT2D eigenvalue weighted by molar-refractivity contribution is -0.139. The van der Waals surface area contributed by atoms with E-state index in [1.54, 1.807) is 6.92 Å². The Hall–Kier alpha value is -1.72. The van der Waals surface area contributed by atoms with Crippen LogP contribution >= 0.6 is 0 Å². The molecule has 78 valence electrons. The predicted octanol–water partition coefficient (Wildman–Crippen LogP) is 1.06. The Bertz CT molecular complexity index is 281. The molecule has 0 unspecified atom stereocenters. The van der Waals surface area contributed by atoms with Gasteiger partial charge in [-0.3, -0.25) is 4.79 Å². The second-order valence-electron chi connectivity index (χ2n) is 2.45. The molecule has 0 aromatic heterocycles. The third-order valence-electron chi connectivity index (χ3n) is 1.44. The fraction of sp³-hybridized carbons (Fsp3) is 0.500. The zero-order valence-corrected chi connectivity index (χ0v) is 7.94. The van der Waals surface area contributed by atoms with Gasteiger partial charge in [-0.2, -0.15) is 0 Å². The maximum absolute atomic E-state index is 11.1. The SMILES string of the molecule is CCCC(=O)/C(N=O)=C(\O)C(=O)OC. The first-order valence-corrected chi connectivity index (χ1v) is 3.96. The van der Waals surface area contributed by atoms with Crippen molar-refractivity contribution in [2.24, 2.45) is 5.18 Å². The standard InChI is InChI=1S/C8H11NO5/c1-3-4-5(10)6(9-13)7(11)8(12)14-2/h11H,3-4H2,1-2H3/b7-6+. The van der Waals surface area contributed by atoms with Crippen LogP contribution in [0.5, 0.6) is 0 Å². The molecule has 14 heavy (non-hydrogen) atoms. The number of esters is 1. The van der Waals surface area contributed by atoms with Crippen molar-refractivity contribution in [2.45, 2.75) is 19.8 Å². The van der Waals surface area contributed by atoms with Gasteiger partial charge in [0.15, 0.2) is 11.5 Å². The molecule has 6 nitrogen and oxygen atoms in total. The molecule has 0 radical (unpaired) electrons. The summed E-state index contributed by atoms with van der Waals surface area (Å²) in [5.74, 6) is -2.87. The molecule has 0 aliphatic heterocycles. The molecule has 0 spiro atoms. The number of allylic oxidation sites excluding steroid dienone is 1. The van der Waals surface area contributed by atoms with Crippen molar-refractivity contribution in [2.75, 3.05) is 7.11 Å². The Balaban J connectivity index is 4.93. The number of nitrogens with zero attached hydrogens (tertiary/aromatic N) is 1. The topological polar surface area (TPSA) is 93.0 Å². The van der Waals surface area contributed by atoms with Gasteiger partial charge in [0.2, 0.25) is 5.76 Å². The van der Waals surface area contributed by atoms with Crippen molar-refractivity contribution in [3.63, 3.8) is 0 Å². The van der Waals surface area contributed by atoms with E-state index in [9.17, 15) is 14.5 Å². The van der Waals surface area contributed by atoms with Crippen molar-refractivity contribution < 1.29 is 19.4 Å². The van der Waals surface area contributed by atoms with E-state index in [0.29, 0.717) is 6.42 Å². The smallest absolute Gasteiger partial charge is 0.375 e. The molecule has 0 aromatic rings. The summed E-state index contributed by atoms with van der Waals surface area (Å²) in [6, 6.07) is 0. The van der Waals surface area contributed by atoms with Crippen LogP contribution in [0.3, 0.4) is 0 Å². The third-order valence-corrected chi connectivity index (χ3v) is 1.44. The first kappa shape index (κ1) is 12.3. The van der Waals surface area contributed by atoms with Gasteiger partial charge in [-0.15, -0.1) is 4.91 Å². The number of hydrogen-bond donors (Lipinski definition) is 1. The normalized spacial score (nSPS) is 11.6. The summed E-state index contributed by atoms with van der Waals surface area (Å²) in [5, 5.41) is 11.4. The highest BCUT2D eigenvalue weighted by molar-refractivity contribution is 6.02. The molecule has 0 saturated heterocycles. The number of hydrogen-bond acceptors (Lipinski definition) is 6. The molecule has 1 N–H and O–H groups in total. The summed E-state index contributed by atoms with van der Waals surface area (Å²) in [6.45, 7) is 1.72. The van der Waals surface area contributed by atoms with Crippen molar-refractivity contribution in [1.82, 2.24) is 0 Å². The van der Waals surface area contributed by atoms with E-state index in [-0.39, 0.29) is 6.42 Å². The quantitative estimate of drug-likeness (QED) is 0.310. The molecule has 0 atom stereocenters. The van der Waals surface area contributed by atoms with E-state index in [2.05, 4.69) is 9.91 Å². The summed E-state index contributed by atoms with van der Waals surface area (Å²) in [7, 11) is 1.02. The number of carbonyl (C=O) groups excluding carboxylic acids is 2. The maximum atomic E-state index is 11.1. The summed E-state index contributed by atoms with van der Waals surface area (Å²) >= 11 is 0. The van der Waals surface area contributed by atoms with Gasteiger partial charge in [0.25, 0.3) is 0 Å². The van der Waals surface area contributed by atoms with Crippen LogP contribution in [0.15, 0.2) is 16.6 Å². The van der Waals surface area contributed by atoms with Crippen LogP contribution in [-0.4, -0.2) is 24.0 Å². The minimum atomic E-state index is -1.15. The molecule has 0 bridgehead atoms. The van der Waals surface area contributed by atoms with Crippen molar-refractivity contribution in [3.05, 3.63) is 16.4 Å². The fourth-order valence-corrected chi connectivity index (χ4v) is 0.765. The number of nitroso groups, excluding NO2 is 1. The van der Waals surface area contributed by atoms with E-state index < -0.39 is 23.2 Å². The average Bonchev–Trinajstić information content (AvgIpc) is 2.18. The first-order valence-electron chi connectivity index (χ1n) is 3.96. The average molecular weight is 201 g/mol. The molecular formula is C8H11NO5. The number of carbonyl (C=O) groups is 2. The molecule has 0 fully saturated rings. The van der Waals surface area contributed by atoms with Gasteiger partial charge in [0, 0.05) is 6.42 Å². The predicted molar refractivity (Wildman–Crippen MR) is 47.4 cm³/mol. The number of ether oxygens (including phenoxy) is 1. The highest BCUT2D eigenvalue weighted by atomic mass is 16.5. The molecule has 6 heteroatoms. The van der Waals surface area contributed by atoms with Gasteiger partial charge in [0.1, 0.15) is 0 Å². The lowest BCUT2D eigenvalue weighted by Gasteiger charge is -2.00. The van der Waals surface area contributed by atoms with Crippen molar-refractivity contribution >= 4 is 11.8 Å². The van der Waals surface area contributed by atoms with Crippen LogP contribution in [0, 0.1) is 4.91 Å². The van der Waals surface area contributed by atoms with Crippen LogP contribution in [0.4, 0.5) is 0 Å². The van der Waals surface area contributed by atoms with Gasteiger partial charge >= 0.3 is 5.97 Å². The number of aliphatic hydroxyl groups is 1. The second-order valence-corrected chi connectivity index (χ2v) is 2.45. The minimum absolute atomic E-state index is 0.0438. The molecule has 0 amide bonds. The highest BCUT2D eigenvalue weighted by Gasteiger charge is 2.21. The lowest BCUT2D eigenvalue weighted by Crippen LogP contribution is -2.11.